The normalized spacial score (nSPS) is 10.6. The lowest BCUT2D eigenvalue weighted by Crippen LogP contribution is -2.29. The van der Waals surface area contributed by atoms with E-state index in [-0.39, 0.29) is 12.5 Å². The number of halogens is 2. The molecule has 0 bridgehead atoms. The highest BCUT2D eigenvalue weighted by molar-refractivity contribution is 6.42. The number of anilines is 1. The van der Waals surface area contributed by atoms with Crippen LogP contribution in [-0.2, 0) is 11.3 Å². The van der Waals surface area contributed by atoms with Gasteiger partial charge in [-0.25, -0.2) is 4.98 Å². The Labute approximate surface area is 133 Å². The molecule has 21 heavy (non-hydrogen) atoms. The predicted molar refractivity (Wildman–Crippen MR) is 84.8 cm³/mol. The highest BCUT2D eigenvalue weighted by Gasteiger charge is 2.04. The van der Waals surface area contributed by atoms with E-state index in [1.165, 1.54) is 0 Å². The molecule has 1 heterocycles. The first-order valence-electron chi connectivity index (χ1n) is 6.56. The molecule has 0 unspecified atom stereocenters. The fourth-order valence-electron chi connectivity index (χ4n) is 1.79. The van der Waals surface area contributed by atoms with E-state index in [0.717, 1.165) is 19.5 Å². The van der Waals surface area contributed by atoms with E-state index in [2.05, 4.69) is 15.6 Å². The van der Waals surface area contributed by atoms with Crippen LogP contribution in [0.3, 0.4) is 0 Å². The number of amides is 1. The predicted octanol–water partition coefficient (Wildman–Crippen LogP) is 2.81. The maximum absolute atomic E-state index is 11.7. The summed E-state index contributed by atoms with van der Waals surface area (Å²) in [5, 5.41) is 6.73. The first kappa shape index (κ1) is 15.8. The third-order valence-corrected chi connectivity index (χ3v) is 3.56. The first-order valence-corrected chi connectivity index (χ1v) is 7.32. The molecule has 0 aliphatic heterocycles. The third kappa shape index (κ3) is 5.38. The van der Waals surface area contributed by atoms with E-state index in [0.29, 0.717) is 15.7 Å². The van der Waals surface area contributed by atoms with Crippen molar-refractivity contribution in [1.29, 1.82) is 0 Å². The second-order valence-electron chi connectivity index (χ2n) is 4.51. The van der Waals surface area contributed by atoms with E-state index >= 15 is 0 Å². The van der Waals surface area contributed by atoms with Gasteiger partial charge in [-0.1, -0.05) is 23.2 Å². The molecule has 1 aromatic heterocycles. The first-order chi connectivity index (χ1) is 10.1. The Kier molecular flexibility index (Phi) is 6.04. The van der Waals surface area contributed by atoms with Gasteiger partial charge in [-0.15, -0.1) is 0 Å². The van der Waals surface area contributed by atoms with Crippen molar-refractivity contribution in [1.82, 2.24) is 14.9 Å². The minimum atomic E-state index is -0.115. The molecule has 1 amide bonds. The number of aromatic nitrogens is 2. The Bertz CT molecular complexity index is 587. The molecule has 1 aromatic carbocycles. The van der Waals surface area contributed by atoms with Gasteiger partial charge in [0.1, 0.15) is 0 Å². The molecule has 2 aromatic rings. The molecule has 0 fully saturated rings. The molecule has 0 radical (unpaired) electrons. The van der Waals surface area contributed by atoms with Gasteiger partial charge < -0.3 is 15.2 Å². The van der Waals surface area contributed by atoms with Crippen LogP contribution in [0.2, 0.25) is 10.0 Å². The van der Waals surface area contributed by atoms with Crippen LogP contribution in [0.1, 0.15) is 6.42 Å². The molecule has 112 valence electrons. The number of aryl methyl sites for hydroxylation is 1. The third-order valence-electron chi connectivity index (χ3n) is 2.82. The van der Waals surface area contributed by atoms with Gasteiger partial charge in [-0.2, -0.15) is 0 Å². The highest BCUT2D eigenvalue weighted by atomic mass is 35.5. The summed E-state index contributed by atoms with van der Waals surface area (Å²) in [6, 6.07) is 4.99. The van der Waals surface area contributed by atoms with Crippen molar-refractivity contribution in [2.24, 2.45) is 0 Å². The van der Waals surface area contributed by atoms with Crippen molar-refractivity contribution in [2.75, 3.05) is 18.4 Å². The summed E-state index contributed by atoms with van der Waals surface area (Å²) in [5.74, 6) is -0.115. The Morgan fingerprint density at radius 1 is 1.29 bits per heavy atom. The topological polar surface area (TPSA) is 59.0 Å². The minimum absolute atomic E-state index is 0.115. The largest absolute Gasteiger partial charge is 0.337 e. The van der Waals surface area contributed by atoms with Crippen LogP contribution in [-0.4, -0.2) is 28.5 Å². The lowest BCUT2D eigenvalue weighted by Gasteiger charge is -2.08. The molecular formula is C14H16Cl2N4O. The summed E-state index contributed by atoms with van der Waals surface area (Å²) in [5.41, 5.74) is 0.634. The SMILES string of the molecule is O=C(CNCCCn1ccnc1)Nc1ccc(Cl)c(Cl)c1. The number of imidazole rings is 1. The second kappa shape index (κ2) is 8.02. The molecule has 0 aliphatic carbocycles. The summed E-state index contributed by atoms with van der Waals surface area (Å²) in [7, 11) is 0. The Morgan fingerprint density at radius 2 is 2.14 bits per heavy atom. The van der Waals surface area contributed by atoms with E-state index in [1.54, 1.807) is 30.7 Å². The van der Waals surface area contributed by atoms with Gasteiger partial charge in [-0.3, -0.25) is 4.79 Å². The molecule has 2 rings (SSSR count). The van der Waals surface area contributed by atoms with Gasteiger partial charge >= 0.3 is 0 Å². The summed E-state index contributed by atoms with van der Waals surface area (Å²) in [4.78, 5) is 15.7. The van der Waals surface area contributed by atoms with Crippen molar-refractivity contribution >= 4 is 34.8 Å². The van der Waals surface area contributed by atoms with Crippen molar-refractivity contribution in [3.05, 3.63) is 47.0 Å². The van der Waals surface area contributed by atoms with Crippen LogP contribution in [0.25, 0.3) is 0 Å². The van der Waals surface area contributed by atoms with Gasteiger partial charge in [-0.05, 0) is 31.2 Å². The summed E-state index contributed by atoms with van der Waals surface area (Å²) >= 11 is 11.7. The fraction of sp³-hybridized carbons (Fsp3) is 0.286. The molecule has 0 spiro atoms. The Hall–Kier alpha value is -1.56. The summed E-state index contributed by atoms with van der Waals surface area (Å²) in [6.45, 7) is 1.89. The molecule has 5 nitrogen and oxygen atoms in total. The van der Waals surface area contributed by atoms with Gasteiger partial charge in [0.25, 0.3) is 0 Å². The van der Waals surface area contributed by atoms with Crippen LogP contribution >= 0.6 is 23.2 Å². The molecular weight excluding hydrogens is 311 g/mol. The lowest BCUT2D eigenvalue weighted by atomic mass is 10.3. The zero-order valence-electron chi connectivity index (χ0n) is 11.4. The molecule has 0 atom stereocenters. The zero-order chi connectivity index (χ0) is 15.1. The monoisotopic (exact) mass is 326 g/mol. The number of nitrogens with zero attached hydrogens (tertiary/aromatic N) is 2. The maximum atomic E-state index is 11.7. The van der Waals surface area contributed by atoms with Crippen molar-refractivity contribution < 1.29 is 4.79 Å². The number of hydrogen-bond acceptors (Lipinski definition) is 3. The average molecular weight is 327 g/mol. The highest BCUT2D eigenvalue weighted by Crippen LogP contribution is 2.24. The van der Waals surface area contributed by atoms with Gasteiger partial charge in [0.05, 0.1) is 22.9 Å². The minimum Gasteiger partial charge on any atom is -0.337 e. The molecule has 0 aliphatic rings. The van der Waals surface area contributed by atoms with Crippen molar-refractivity contribution in [3.8, 4) is 0 Å². The van der Waals surface area contributed by atoms with Crippen LogP contribution in [0.5, 0.6) is 0 Å². The van der Waals surface area contributed by atoms with Crippen LogP contribution in [0.15, 0.2) is 36.9 Å². The number of carbonyl (C=O) groups excluding carboxylic acids is 1. The molecule has 0 saturated heterocycles. The van der Waals surface area contributed by atoms with Crippen molar-refractivity contribution in [3.63, 3.8) is 0 Å². The quantitative estimate of drug-likeness (QED) is 0.769. The summed E-state index contributed by atoms with van der Waals surface area (Å²) < 4.78 is 2.00. The zero-order valence-corrected chi connectivity index (χ0v) is 12.9. The van der Waals surface area contributed by atoms with Gasteiger partial charge in [0.2, 0.25) is 5.91 Å². The Morgan fingerprint density at radius 3 is 2.86 bits per heavy atom. The number of hydrogen-bond donors (Lipinski definition) is 2. The standard InChI is InChI=1S/C14H16Cl2N4O/c15-12-3-2-11(8-13(12)16)19-14(21)9-17-4-1-6-20-7-5-18-10-20/h2-3,5,7-8,10,17H,1,4,6,9H2,(H,19,21). The number of carbonyl (C=O) groups is 1. The fourth-order valence-corrected chi connectivity index (χ4v) is 2.08. The Balaban J connectivity index is 1.64. The molecule has 0 saturated carbocycles. The number of nitrogens with one attached hydrogen (secondary N) is 2. The molecule has 7 heteroatoms. The summed E-state index contributed by atoms with van der Waals surface area (Å²) in [6.07, 6.45) is 6.36. The van der Waals surface area contributed by atoms with Crippen LogP contribution in [0.4, 0.5) is 5.69 Å². The number of rotatable bonds is 7. The second-order valence-corrected chi connectivity index (χ2v) is 5.32. The van der Waals surface area contributed by atoms with E-state index in [4.69, 9.17) is 23.2 Å². The van der Waals surface area contributed by atoms with Crippen LogP contribution in [0, 0.1) is 0 Å². The van der Waals surface area contributed by atoms with E-state index < -0.39 is 0 Å². The maximum Gasteiger partial charge on any atom is 0.238 e. The van der Waals surface area contributed by atoms with Gasteiger partial charge in [0, 0.05) is 24.6 Å². The number of benzene rings is 1. The lowest BCUT2D eigenvalue weighted by molar-refractivity contribution is -0.115. The smallest absolute Gasteiger partial charge is 0.238 e. The average Bonchev–Trinajstić information content (AvgIpc) is 2.96. The van der Waals surface area contributed by atoms with Gasteiger partial charge in [0.15, 0.2) is 0 Å². The van der Waals surface area contributed by atoms with Crippen LogP contribution < -0.4 is 10.6 Å². The van der Waals surface area contributed by atoms with Crippen molar-refractivity contribution in [2.45, 2.75) is 13.0 Å². The van der Waals surface area contributed by atoms with E-state index in [1.807, 2.05) is 10.8 Å². The van der Waals surface area contributed by atoms with E-state index in [9.17, 15) is 4.79 Å². The molecule has 2 N–H and O–H groups in total.